The molecule has 0 aliphatic heterocycles. The Bertz CT molecular complexity index is 1800. The SMILES string of the molecule is CCCOc1cc(C(=O)NC(C)(C)CC)ccc1Nc1nc2ccc(-c3ccc(C(=O)NCc4ccc(F)cc4)cc3)cn2n1. The lowest BCUT2D eigenvalue weighted by atomic mass is 10.0. The summed E-state index contributed by atoms with van der Waals surface area (Å²) in [4.78, 5) is 30.1. The molecule has 0 unspecified atom stereocenters. The molecule has 3 aromatic carbocycles. The van der Waals surface area contributed by atoms with E-state index in [0.717, 1.165) is 29.5 Å². The molecular weight excluding hydrogens is 571 g/mol. The summed E-state index contributed by atoms with van der Waals surface area (Å²) in [6.07, 6.45) is 3.49. The monoisotopic (exact) mass is 608 g/mol. The Morgan fingerprint density at radius 1 is 0.889 bits per heavy atom. The molecule has 0 radical (unpaired) electrons. The van der Waals surface area contributed by atoms with Crippen LogP contribution in [-0.2, 0) is 6.54 Å². The lowest BCUT2D eigenvalue weighted by Crippen LogP contribution is -2.42. The fourth-order valence-corrected chi connectivity index (χ4v) is 4.49. The van der Waals surface area contributed by atoms with Crippen molar-refractivity contribution in [3.05, 3.63) is 108 Å². The van der Waals surface area contributed by atoms with E-state index >= 15 is 0 Å². The minimum Gasteiger partial charge on any atom is -0.491 e. The highest BCUT2D eigenvalue weighted by molar-refractivity contribution is 5.96. The van der Waals surface area contributed by atoms with Crippen LogP contribution in [0.3, 0.4) is 0 Å². The van der Waals surface area contributed by atoms with Gasteiger partial charge in [-0.3, -0.25) is 9.59 Å². The maximum absolute atomic E-state index is 13.1. The third-order valence-corrected chi connectivity index (χ3v) is 7.47. The fourth-order valence-electron chi connectivity index (χ4n) is 4.49. The molecule has 5 rings (SSSR count). The molecule has 9 nitrogen and oxygen atoms in total. The van der Waals surface area contributed by atoms with Gasteiger partial charge in [-0.25, -0.2) is 8.91 Å². The third-order valence-electron chi connectivity index (χ3n) is 7.47. The standard InChI is InChI=1S/C35H37FN6O3/c1-5-19-45-30-20-26(33(44)40-35(3,4)6-2)13-17-29(30)38-34-39-31-18-14-27(22-42(31)41-34)24-9-11-25(12-10-24)32(43)37-21-23-7-15-28(36)16-8-23/h7-18,20,22H,5-6,19,21H2,1-4H3,(H,37,43)(H,38,41)(H,40,44). The summed E-state index contributed by atoms with van der Waals surface area (Å²) in [6.45, 7) is 8.84. The molecule has 10 heteroatoms. The number of hydrogen-bond donors (Lipinski definition) is 3. The highest BCUT2D eigenvalue weighted by Gasteiger charge is 2.20. The molecule has 2 heterocycles. The predicted molar refractivity (Wildman–Crippen MR) is 173 cm³/mol. The number of rotatable bonds is 12. The van der Waals surface area contributed by atoms with Gasteiger partial charge in [0, 0.05) is 35.0 Å². The molecule has 45 heavy (non-hydrogen) atoms. The Morgan fingerprint density at radius 2 is 1.60 bits per heavy atom. The molecule has 0 saturated heterocycles. The lowest BCUT2D eigenvalue weighted by Gasteiger charge is -2.24. The van der Waals surface area contributed by atoms with E-state index in [2.05, 4.69) is 26.0 Å². The number of pyridine rings is 1. The second-order valence-electron chi connectivity index (χ2n) is 11.4. The minimum atomic E-state index is -0.319. The van der Waals surface area contributed by atoms with Crippen LogP contribution in [0.25, 0.3) is 16.8 Å². The first-order valence-corrected chi connectivity index (χ1v) is 15.0. The second kappa shape index (κ2) is 13.6. The molecule has 2 aromatic heterocycles. The Morgan fingerprint density at radius 3 is 2.31 bits per heavy atom. The van der Waals surface area contributed by atoms with Crippen molar-refractivity contribution in [2.24, 2.45) is 0 Å². The molecule has 232 valence electrons. The van der Waals surface area contributed by atoms with Gasteiger partial charge in [-0.05, 0) is 92.4 Å². The van der Waals surface area contributed by atoms with E-state index in [1.54, 1.807) is 47.0 Å². The molecule has 5 aromatic rings. The molecule has 0 fully saturated rings. The van der Waals surface area contributed by atoms with Crippen LogP contribution in [0.4, 0.5) is 16.0 Å². The molecule has 0 aliphatic carbocycles. The number of nitrogens with zero attached hydrogens (tertiary/aromatic N) is 3. The molecule has 0 spiro atoms. The number of aromatic nitrogens is 3. The van der Waals surface area contributed by atoms with Crippen LogP contribution >= 0.6 is 0 Å². The number of hydrogen-bond acceptors (Lipinski definition) is 6. The Labute approximate surface area is 261 Å². The number of carbonyl (C=O) groups is 2. The number of ether oxygens (including phenoxy) is 1. The van der Waals surface area contributed by atoms with Crippen molar-refractivity contribution in [3.8, 4) is 16.9 Å². The van der Waals surface area contributed by atoms with Crippen molar-refractivity contribution in [3.63, 3.8) is 0 Å². The van der Waals surface area contributed by atoms with Crippen molar-refractivity contribution >= 4 is 29.1 Å². The average Bonchev–Trinajstić information content (AvgIpc) is 3.45. The van der Waals surface area contributed by atoms with E-state index in [9.17, 15) is 14.0 Å². The number of fused-ring (bicyclic) bond motifs is 1. The van der Waals surface area contributed by atoms with Crippen LogP contribution < -0.4 is 20.7 Å². The molecule has 0 bridgehead atoms. The van der Waals surface area contributed by atoms with Crippen LogP contribution in [0.1, 0.15) is 66.8 Å². The van der Waals surface area contributed by atoms with E-state index in [-0.39, 0.29) is 23.2 Å². The van der Waals surface area contributed by atoms with Crippen molar-refractivity contribution in [1.82, 2.24) is 25.2 Å². The van der Waals surface area contributed by atoms with Crippen molar-refractivity contribution in [2.75, 3.05) is 11.9 Å². The van der Waals surface area contributed by atoms with E-state index in [1.807, 2.05) is 58.2 Å². The van der Waals surface area contributed by atoms with Crippen molar-refractivity contribution in [2.45, 2.75) is 52.6 Å². The van der Waals surface area contributed by atoms with E-state index in [1.165, 1.54) is 12.1 Å². The van der Waals surface area contributed by atoms with Gasteiger partial charge in [0.15, 0.2) is 5.65 Å². The maximum Gasteiger partial charge on any atom is 0.251 e. The zero-order chi connectivity index (χ0) is 32.0. The summed E-state index contributed by atoms with van der Waals surface area (Å²) >= 11 is 0. The molecular formula is C35H37FN6O3. The van der Waals surface area contributed by atoms with Gasteiger partial charge >= 0.3 is 0 Å². The van der Waals surface area contributed by atoms with Crippen LogP contribution in [-0.4, -0.2) is 38.6 Å². The number of amides is 2. The first kappa shape index (κ1) is 31.2. The predicted octanol–water partition coefficient (Wildman–Crippen LogP) is 6.92. The third kappa shape index (κ3) is 7.83. The molecule has 3 N–H and O–H groups in total. The highest BCUT2D eigenvalue weighted by atomic mass is 19.1. The van der Waals surface area contributed by atoms with Crippen LogP contribution in [0, 0.1) is 5.82 Å². The number of halogens is 1. The quantitative estimate of drug-likeness (QED) is 0.142. The summed E-state index contributed by atoms with van der Waals surface area (Å²) in [6, 6.07) is 22.4. The first-order chi connectivity index (χ1) is 21.6. The van der Waals surface area contributed by atoms with E-state index in [4.69, 9.17) is 4.74 Å². The zero-order valence-corrected chi connectivity index (χ0v) is 25.9. The Hall–Kier alpha value is -5.25. The van der Waals surface area contributed by atoms with Gasteiger partial charge in [-0.15, -0.1) is 5.10 Å². The summed E-state index contributed by atoms with van der Waals surface area (Å²) in [5.41, 5.74) is 4.63. The first-order valence-electron chi connectivity index (χ1n) is 15.0. The van der Waals surface area contributed by atoms with Crippen LogP contribution in [0.15, 0.2) is 85.1 Å². The number of anilines is 2. The molecule has 0 aliphatic rings. The topological polar surface area (TPSA) is 110 Å². The summed E-state index contributed by atoms with van der Waals surface area (Å²) in [7, 11) is 0. The molecule has 0 atom stereocenters. The van der Waals surface area contributed by atoms with E-state index < -0.39 is 0 Å². The van der Waals surface area contributed by atoms with E-state index in [0.29, 0.717) is 47.3 Å². The van der Waals surface area contributed by atoms with Gasteiger partial charge in [0.1, 0.15) is 11.6 Å². The number of carbonyl (C=O) groups excluding carboxylic acids is 2. The highest BCUT2D eigenvalue weighted by Crippen LogP contribution is 2.29. The number of benzene rings is 3. The summed E-state index contributed by atoms with van der Waals surface area (Å²) in [5, 5.41) is 13.8. The summed E-state index contributed by atoms with van der Waals surface area (Å²) < 4.78 is 20.8. The fraction of sp³-hybridized carbons (Fsp3) is 0.257. The van der Waals surface area contributed by atoms with Gasteiger partial charge in [0.25, 0.3) is 11.8 Å². The zero-order valence-electron chi connectivity index (χ0n) is 25.9. The van der Waals surface area contributed by atoms with Gasteiger partial charge in [0.2, 0.25) is 5.95 Å². The largest absolute Gasteiger partial charge is 0.491 e. The molecule has 2 amide bonds. The second-order valence-corrected chi connectivity index (χ2v) is 11.4. The molecule has 0 saturated carbocycles. The van der Waals surface area contributed by atoms with Gasteiger partial charge in [-0.2, -0.15) is 4.98 Å². The Balaban J connectivity index is 1.29. The van der Waals surface area contributed by atoms with Gasteiger partial charge < -0.3 is 20.7 Å². The van der Waals surface area contributed by atoms with Gasteiger partial charge in [-0.1, -0.05) is 38.1 Å². The Kier molecular flexibility index (Phi) is 9.42. The van der Waals surface area contributed by atoms with Crippen LogP contribution in [0.2, 0.25) is 0 Å². The minimum absolute atomic E-state index is 0.160. The summed E-state index contributed by atoms with van der Waals surface area (Å²) in [5.74, 6) is 0.235. The van der Waals surface area contributed by atoms with Crippen LogP contribution in [0.5, 0.6) is 5.75 Å². The normalized spacial score (nSPS) is 11.3. The smallest absolute Gasteiger partial charge is 0.251 e. The number of nitrogens with one attached hydrogen (secondary N) is 3. The van der Waals surface area contributed by atoms with Gasteiger partial charge in [0.05, 0.1) is 12.3 Å². The van der Waals surface area contributed by atoms with Crippen molar-refractivity contribution in [1.29, 1.82) is 0 Å². The van der Waals surface area contributed by atoms with Crippen molar-refractivity contribution < 1.29 is 18.7 Å². The average molecular weight is 609 g/mol. The maximum atomic E-state index is 13.1. The lowest BCUT2D eigenvalue weighted by molar-refractivity contribution is 0.0909.